The second-order valence-electron chi connectivity index (χ2n) is 5.78. The minimum atomic E-state index is -0.129. The summed E-state index contributed by atoms with van der Waals surface area (Å²) in [5.74, 6) is 0. The molecular formula is C18H24O. The summed E-state index contributed by atoms with van der Waals surface area (Å²) in [6, 6.07) is 8.56. The second kappa shape index (κ2) is 6.51. The third kappa shape index (κ3) is 4.51. The molecule has 1 unspecified atom stereocenters. The molecule has 0 heterocycles. The standard InChI is InChI=1S/C18H24O/c1-14(2)10-11-18(5,12-16(4)13-19)17-8-6-15(3)7-9-17/h6-10,12-13H,11H2,1-5H3. The Hall–Kier alpha value is -1.63. The van der Waals surface area contributed by atoms with Gasteiger partial charge in [0.1, 0.15) is 6.29 Å². The molecule has 0 N–H and O–H groups in total. The molecule has 0 aromatic heterocycles. The lowest BCUT2D eigenvalue weighted by Crippen LogP contribution is -2.19. The summed E-state index contributed by atoms with van der Waals surface area (Å²) >= 11 is 0. The lowest BCUT2D eigenvalue weighted by atomic mass is 9.77. The van der Waals surface area contributed by atoms with E-state index in [1.165, 1.54) is 16.7 Å². The molecule has 0 fully saturated rings. The first-order valence-electron chi connectivity index (χ1n) is 6.72. The summed E-state index contributed by atoms with van der Waals surface area (Å²) in [6.07, 6.45) is 6.14. The van der Waals surface area contributed by atoms with Gasteiger partial charge in [0.25, 0.3) is 0 Å². The van der Waals surface area contributed by atoms with Crippen LogP contribution in [0.5, 0.6) is 0 Å². The Bertz CT molecular complexity index is 487. The third-order valence-electron chi connectivity index (χ3n) is 3.38. The maximum atomic E-state index is 10.9. The molecule has 0 radical (unpaired) electrons. The monoisotopic (exact) mass is 256 g/mol. The van der Waals surface area contributed by atoms with E-state index in [4.69, 9.17) is 0 Å². The van der Waals surface area contributed by atoms with Crippen LogP contribution in [0.1, 0.15) is 45.2 Å². The van der Waals surface area contributed by atoms with Crippen LogP contribution in [0.25, 0.3) is 0 Å². The second-order valence-corrected chi connectivity index (χ2v) is 5.78. The highest BCUT2D eigenvalue weighted by Crippen LogP contribution is 2.31. The number of benzene rings is 1. The van der Waals surface area contributed by atoms with Gasteiger partial charge in [-0.2, -0.15) is 0 Å². The molecule has 0 aliphatic carbocycles. The molecule has 102 valence electrons. The molecule has 1 atom stereocenters. The van der Waals surface area contributed by atoms with Gasteiger partial charge in [0.15, 0.2) is 0 Å². The molecule has 19 heavy (non-hydrogen) atoms. The summed E-state index contributed by atoms with van der Waals surface area (Å²) in [7, 11) is 0. The fourth-order valence-electron chi connectivity index (χ4n) is 2.15. The Balaban J connectivity index is 3.21. The van der Waals surface area contributed by atoms with Crippen molar-refractivity contribution in [2.24, 2.45) is 0 Å². The molecule has 0 saturated carbocycles. The molecule has 1 aromatic rings. The molecule has 0 amide bonds. The number of carbonyl (C=O) groups is 1. The van der Waals surface area contributed by atoms with Gasteiger partial charge < -0.3 is 0 Å². The maximum Gasteiger partial charge on any atom is 0.145 e. The smallest absolute Gasteiger partial charge is 0.145 e. The first-order chi connectivity index (χ1) is 8.87. The zero-order valence-corrected chi connectivity index (χ0v) is 12.7. The van der Waals surface area contributed by atoms with Crippen molar-refractivity contribution in [1.29, 1.82) is 0 Å². The first-order valence-corrected chi connectivity index (χ1v) is 6.72. The Morgan fingerprint density at radius 3 is 2.21 bits per heavy atom. The Labute approximate surface area is 117 Å². The summed E-state index contributed by atoms with van der Waals surface area (Å²) in [5, 5.41) is 0. The van der Waals surface area contributed by atoms with E-state index < -0.39 is 0 Å². The van der Waals surface area contributed by atoms with E-state index in [0.717, 1.165) is 18.3 Å². The van der Waals surface area contributed by atoms with E-state index in [2.05, 4.69) is 64.1 Å². The molecular weight excluding hydrogens is 232 g/mol. The minimum absolute atomic E-state index is 0.129. The van der Waals surface area contributed by atoms with E-state index in [9.17, 15) is 4.79 Å². The molecule has 0 aliphatic rings. The van der Waals surface area contributed by atoms with Crippen molar-refractivity contribution in [2.75, 3.05) is 0 Å². The van der Waals surface area contributed by atoms with E-state index in [-0.39, 0.29) is 5.41 Å². The van der Waals surface area contributed by atoms with Gasteiger partial charge in [-0.1, -0.05) is 54.5 Å². The number of aldehydes is 1. The number of aryl methyl sites for hydroxylation is 1. The van der Waals surface area contributed by atoms with Crippen molar-refractivity contribution in [3.05, 3.63) is 58.7 Å². The average molecular weight is 256 g/mol. The van der Waals surface area contributed by atoms with Crippen LogP contribution < -0.4 is 0 Å². The normalized spacial score (nSPS) is 14.7. The SMILES string of the molecule is CC(C)=CCC(C)(C=C(C)C=O)c1ccc(C)cc1. The van der Waals surface area contributed by atoms with E-state index in [0.29, 0.717) is 0 Å². The summed E-state index contributed by atoms with van der Waals surface area (Å²) in [6.45, 7) is 10.3. The molecule has 1 nitrogen and oxygen atoms in total. The van der Waals surface area contributed by atoms with E-state index in [1.54, 1.807) is 0 Å². The molecule has 0 spiro atoms. The minimum Gasteiger partial charge on any atom is -0.298 e. The van der Waals surface area contributed by atoms with Crippen LogP contribution >= 0.6 is 0 Å². The van der Waals surface area contributed by atoms with Crippen LogP contribution in [0, 0.1) is 6.92 Å². The van der Waals surface area contributed by atoms with Crippen LogP contribution in [0.3, 0.4) is 0 Å². The lowest BCUT2D eigenvalue weighted by Gasteiger charge is -2.26. The molecule has 0 saturated heterocycles. The van der Waals surface area contributed by atoms with Gasteiger partial charge in [-0.15, -0.1) is 0 Å². The van der Waals surface area contributed by atoms with Gasteiger partial charge in [0, 0.05) is 5.41 Å². The van der Waals surface area contributed by atoms with Crippen molar-refractivity contribution < 1.29 is 4.79 Å². The van der Waals surface area contributed by atoms with E-state index in [1.807, 2.05) is 6.92 Å². The average Bonchev–Trinajstić information content (AvgIpc) is 2.37. The van der Waals surface area contributed by atoms with Gasteiger partial charge in [-0.25, -0.2) is 0 Å². The lowest BCUT2D eigenvalue weighted by molar-refractivity contribution is -0.104. The summed E-state index contributed by atoms with van der Waals surface area (Å²) in [4.78, 5) is 10.9. The van der Waals surface area contributed by atoms with Crippen LogP contribution in [0.2, 0.25) is 0 Å². The zero-order valence-electron chi connectivity index (χ0n) is 12.7. The summed E-state index contributed by atoms with van der Waals surface area (Å²) in [5.41, 5.74) is 4.46. The van der Waals surface area contributed by atoms with Crippen molar-refractivity contribution >= 4 is 6.29 Å². The fraction of sp³-hybridized carbons (Fsp3) is 0.389. The van der Waals surface area contributed by atoms with Crippen molar-refractivity contribution in [3.63, 3.8) is 0 Å². The number of rotatable bonds is 5. The Morgan fingerprint density at radius 2 is 1.74 bits per heavy atom. The third-order valence-corrected chi connectivity index (χ3v) is 3.38. The summed E-state index contributed by atoms with van der Waals surface area (Å²) < 4.78 is 0. The van der Waals surface area contributed by atoms with Crippen LogP contribution in [0.15, 0.2) is 47.6 Å². The largest absolute Gasteiger partial charge is 0.298 e. The predicted octanol–water partition coefficient (Wildman–Crippen LogP) is 4.75. The number of hydrogen-bond acceptors (Lipinski definition) is 1. The number of allylic oxidation sites excluding steroid dienone is 4. The van der Waals surface area contributed by atoms with Crippen LogP contribution in [-0.2, 0) is 10.2 Å². The van der Waals surface area contributed by atoms with Gasteiger partial charge in [0.05, 0.1) is 0 Å². The van der Waals surface area contributed by atoms with Crippen molar-refractivity contribution in [1.82, 2.24) is 0 Å². The Morgan fingerprint density at radius 1 is 1.16 bits per heavy atom. The maximum absolute atomic E-state index is 10.9. The zero-order chi connectivity index (χ0) is 14.5. The molecule has 1 rings (SSSR count). The van der Waals surface area contributed by atoms with Gasteiger partial charge in [-0.05, 0) is 45.3 Å². The molecule has 1 heteroatoms. The quantitative estimate of drug-likeness (QED) is 0.422. The highest BCUT2D eigenvalue weighted by Gasteiger charge is 2.23. The van der Waals surface area contributed by atoms with Gasteiger partial charge in [0.2, 0.25) is 0 Å². The Kier molecular flexibility index (Phi) is 5.29. The van der Waals surface area contributed by atoms with Crippen molar-refractivity contribution in [2.45, 2.75) is 46.5 Å². The molecule has 0 bridgehead atoms. The first kappa shape index (κ1) is 15.4. The van der Waals surface area contributed by atoms with Crippen LogP contribution in [-0.4, -0.2) is 6.29 Å². The highest BCUT2D eigenvalue weighted by molar-refractivity contribution is 5.72. The van der Waals surface area contributed by atoms with Crippen molar-refractivity contribution in [3.8, 4) is 0 Å². The van der Waals surface area contributed by atoms with E-state index >= 15 is 0 Å². The number of hydrogen-bond donors (Lipinski definition) is 0. The predicted molar refractivity (Wildman–Crippen MR) is 82.4 cm³/mol. The van der Waals surface area contributed by atoms with Crippen LogP contribution in [0.4, 0.5) is 0 Å². The molecule has 0 aliphatic heterocycles. The fourth-order valence-corrected chi connectivity index (χ4v) is 2.15. The number of carbonyl (C=O) groups excluding carboxylic acids is 1. The molecule has 1 aromatic carbocycles. The van der Waals surface area contributed by atoms with Gasteiger partial charge >= 0.3 is 0 Å². The topological polar surface area (TPSA) is 17.1 Å². The van der Waals surface area contributed by atoms with Gasteiger partial charge in [-0.3, -0.25) is 4.79 Å². The highest BCUT2D eigenvalue weighted by atomic mass is 16.1.